The first-order chi connectivity index (χ1) is 14.9. The van der Waals surface area contributed by atoms with Gasteiger partial charge in [-0.2, -0.15) is 0 Å². The summed E-state index contributed by atoms with van der Waals surface area (Å²) in [5, 5.41) is 0. The van der Waals surface area contributed by atoms with E-state index in [-0.39, 0.29) is 25.0 Å². The Labute approximate surface area is 181 Å². The van der Waals surface area contributed by atoms with E-state index in [9.17, 15) is 14.4 Å². The molecule has 2 atom stereocenters. The van der Waals surface area contributed by atoms with Crippen molar-refractivity contribution in [1.82, 2.24) is 9.80 Å². The van der Waals surface area contributed by atoms with Crippen LogP contribution in [0, 0.1) is 5.92 Å². The van der Waals surface area contributed by atoms with Gasteiger partial charge in [0.05, 0.1) is 33.2 Å². The Hall–Kier alpha value is -3.01. The molecule has 1 aromatic rings. The number of carbonyl (C=O) groups is 3. The van der Waals surface area contributed by atoms with Crippen LogP contribution in [-0.2, 0) is 30.2 Å². The lowest BCUT2D eigenvalue weighted by Gasteiger charge is -2.26. The molecule has 10 heteroatoms. The number of hydrogen-bond donors (Lipinski definition) is 0. The Morgan fingerprint density at radius 3 is 2.45 bits per heavy atom. The van der Waals surface area contributed by atoms with Crippen molar-refractivity contribution in [3.05, 3.63) is 35.3 Å². The lowest BCUT2D eigenvalue weighted by Crippen LogP contribution is -2.45. The minimum Gasteiger partial charge on any atom is -0.497 e. The molecule has 2 fully saturated rings. The van der Waals surface area contributed by atoms with Crippen molar-refractivity contribution in [2.75, 3.05) is 34.4 Å². The summed E-state index contributed by atoms with van der Waals surface area (Å²) in [4.78, 5) is 40.8. The Bertz CT molecular complexity index is 914. The summed E-state index contributed by atoms with van der Waals surface area (Å²) in [6.45, 7) is 0.371. The zero-order valence-electron chi connectivity index (χ0n) is 17.8. The molecule has 2 aliphatic heterocycles. The SMILES string of the molecule is COc1ccc(CN2C(=O)C3CC2CC=C3B2OC(=O)CN(C)CC(=O)O2)c(OC)c1. The van der Waals surface area contributed by atoms with E-state index in [0.29, 0.717) is 36.4 Å². The maximum atomic E-state index is 13.3. The van der Waals surface area contributed by atoms with Crippen LogP contribution in [0.3, 0.4) is 0 Å². The summed E-state index contributed by atoms with van der Waals surface area (Å²) in [5.41, 5.74) is 1.43. The van der Waals surface area contributed by atoms with Gasteiger partial charge < -0.3 is 23.7 Å². The molecule has 0 aromatic heterocycles. The highest BCUT2D eigenvalue weighted by Crippen LogP contribution is 2.40. The average molecular weight is 428 g/mol. The van der Waals surface area contributed by atoms with Gasteiger partial charge >= 0.3 is 19.1 Å². The van der Waals surface area contributed by atoms with Crippen LogP contribution in [0.4, 0.5) is 0 Å². The standard InChI is InChI=1S/C21H25BN2O7/c1-23-11-19(25)30-22(31-20(26)12-23)17-7-5-14-8-16(17)21(27)24(14)10-13-4-6-15(28-2)9-18(13)29-3/h4,6-7,9,14,16H,5,8,10-12H2,1-3H3. The maximum absolute atomic E-state index is 13.3. The van der Waals surface area contributed by atoms with Crippen molar-refractivity contribution in [2.24, 2.45) is 5.92 Å². The van der Waals surface area contributed by atoms with Gasteiger partial charge in [-0.3, -0.25) is 19.3 Å². The van der Waals surface area contributed by atoms with Gasteiger partial charge in [0.2, 0.25) is 5.91 Å². The summed E-state index contributed by atoms with van der Waals surface area (Å²) in [6, 6.07) is 5.53. The topological polar surface area (TPSA) is 94.6 Å². The molecule has 4 rings (SSSR count). The van der Waals surface area contributed by atoms with Crippen molar-refractivity contribution in [2.45, 2.75) is 25.4 Å². The Morgan fingerprint density at radius 2 is 1.81 bits per heavy atom. The van der Waals surface area contributed by atoms with E-state index >= 15 is 0 Å². The van der Waals surface area contributed by atoms with Crippen molar-refractivity contribution >= 4 is 25.0 Å². The summed E-state index contributed by atoms with van der Waals surface area (Å²) < 4.78 is 21.5. The fourth-order valence-corrected chi connectivity index (χ4v) is 4.40. The molecular formula is C21H25BN2O7. The molecule has 31 heavy (non-hydrogen) atoms. The number of carbonyl (C=O) groups excluding carboxylic acids is 3. The second-order valence-electron chi connectivity index (χ2n) is 8.01. The van der Waals surface area contributed by atoms with Crippen LogP contribution < -0.4 is 9.47 Å². The maximum Gasteiger partial charge on any atom is 0.632 e. The molecule has 0 spiro atoms. The molecule has 2 saturated heterocycles. The number of likely N-dealkylation sites (tertiary alicyclic amines) is 1. The molecule has 2 unspecified atom stereocenters. The summed E-state index contributed by atoms with van der Waals surface area (Å²) in [6.07, 6.45) is 3.06. The van der Waals surface area contributed by atoms with Crippen LogP contribution in [0.25, 0.3) is 0 Å². The Morgan fingerprint density at radius 1 is 1.10 bits per heavy atom. The van der Waals surface area contributed by atoms with Gasteiger partial charge in [-0.25, -0.2) is 0 Å². The fraction of sp³-hybridized carbons (Fsp3) is 0.476. The van der Waals surface area contributed by atoms with Crippen LogP contribution >= 0.6 is 0 Å². The third-order valence-electron chi connectivity index (χ3n) is 5.94. The highest BCUT2D eigenvalue weighted by Gasteiger charge is 2.50. The lowest BCUT2D eigenvalue weighted by atomic mass is 9.67. The fourth-order valence-electron chi connectivity index (χ4n) is 4.40. The molecule has 0 saturated carbocycles. The van der Waals surface area contributed by atoms with Gasteiger partial charge in [-0.1, -0.05) is 6.08 Å². The molecule has 164 valence electrons. The lowest BCUT2D eigenvalue weighted by molar-refractivity contribution is -0.145. The Balaban J connectivity index is 1.52. The van der Waals surface area contributed by atoms with Crippen LogP contribution in [0.5, 0.6) is 11.5 Å². The highest BCUT2D eigenvalue weighted by atomic mass is 16.6. The van der Waals surface area contributed by atoms with Crippen molar-refractivity contribution < 1.29 is 33.2 Å². The zero-order valence-corrected chi connectivity index (χ0v) is 17.8. The molecule has 2 bridgehead atoms. The predicted octanol–water partition coefficient (Wildman–Crippen LogP) is 0.810. The van der Waals surface area contributed by atoms with E-state index in [4.69, 9.17) is 18.8 Å². The number of benzene rings is 1. The molecule has 1 amide bonds. The quantitative estimate of drug-likeness (QED) is 0.637. The molecule has 2 heterocycles. The number of fused-ring (bicyclic) bond motifs is 2. The first-order valence-electron chi connectivity index (χ1n) is 10.2. The van der Waals surface area contributed by atoms with E-state index in [1.165, 1.54) is 4.90 Å². The summed E-state index contributed by atoms with van der Waals surface area (Å²) >= 11 is 0. The van der Waals surface area contributed by atoms with E-state index in [1.807, 2.05) is 23.1 Å². The first-order valence-corrected chi connectivity index (χ1v) is 10.2. The average Bonchev–Trinajstić information content (AvgIpc) is 2.97. The minimum atomic E-state index is -1.15. The zero-order chi connectivity index (χ0) is 22.1. The molecular weight excluding hydrogens is 403 g/mol. The van der Waals surface area contributed by atoms with Crippen molar-refractivity contribution in [1.29, 1.82) is 0 Å². The molecule has 9 nitrogen and oxygen atoms in total. The molecule has 1 aromatic carbocycles. The number of amides is 1. The minimum absolute atomic E-state index is 0.0104. The van der Waals surface area contributed by atoms with Crippen LogP contribution in [-0.4, -0.2) is 75.2 Å². The number of likely N-dealkylation sites (N-methyl/N-ethyl adjacent to an activating group) is 1. The van der Waals surface area contributed by atoms with Crippen molar-refractivity contribution in [3.63, 3.8) is 0 Å². The van der Waals surface area contributed by atoms with Crippen LogP contribution in [0.1, 0.15) is 18.4 Å². The van der Waals surface area contributed by atoms with Gasteiger partial charge in [-0.05, 0) is 37.5 Å². The predicted molar refractivity (Wildman–Crippen MR) is 110 cm³/mol. The molecule has 3 aliphatic rings. The van der Waals surface area contributed by atoms with Crippen molar-refractivity contribution in [3.8, 4) is 11.5 Å². The van der Waals surface area contributed by atoms with Crippen LogP contribution in [0.2, 0.25) is 0 Å². The highest BCUT2D eigenvalue weighted by molar-refractivity contribution is 6.58. The number of methoxy groups -OCH3 is 2. The third-order valence-corrected chi connectivity index (χ3v) is 5.94. The normalized spacial score (nSPS) is 24.2. The molecule has 0 radical (unpaired) electrons. The summed E-state index contributed by atoms with van der Waals surface area (Å²) in [5.74, 6) is -0.214. The smallest absolute Gasteiger partial charge is 0.497 e. The van der Waals surface area contributed by atoms with Gasteiger partial charge in [0.1, 0.15) is 11.5 Å². The van der Waals surface area contributed by atoms with Crippen LogP contribution in [0.15, 0.2) is 29.7 Å². The molecule has 0 N–H and O–H groups in total. The summed E-state index contributed by atoms with van der Waals surface area (Å²) in [7, 11) is 3.65. The number of hydrogen-bond acceptors (Lipinski definition) is 8. The largest absolute Gasteiger partial charge is 0.632 e. The Kier molecular flexibility index (Phi) is 5.91. The number of nitrogens with zero attached hydrogens (tertiary/aromatic N) is 2. The second-order valence-corrected chi connectivity index (χ2v) is 8.01. The third kappa shape index (κ3) is 4.25. The van der Waals surface area contributed by atoms with E-state index in [1.54, 1.807) is 27.3 Å². The first kappa shape index (κ1) is 21.2. The van der Waals surface area contributed by atoms with E-state index in [0.717, 1.165) is 5.56 Å². The van der Waals surface area contributed by atoms with Gasteiger partial charge in [0, 0.05) is 24.2 Å². The monoisotopic (exact) mass is 428 g/mol. The number of rotatable bonds is 5. The van der Waals surface area contributed by atoms with Gasteiger partial charge in [-0.15, -0.1) is 0 Å². The molecule has 1 aliphatic carbocycles. The van der Waals surface area contributed by atoms with E-state index in [2.05, 4.69) is 0 Å². The van der Waals surface area contributed by atoms with Gasteiger partial charge in [0.25, 0.3) is 0 Å². The van der Waals surface area contributed by atoms with Gasteiger partial charge in [0.15, 0.2) is 0 Å². The number of ether oxygens (including phenoxy) is 2. The van der Waals surface area contributed by atoms with E-state index < -0.39 is 25.0 Å². The second kappa shape index (κ2) is 8.62.